The summed E-state index contributed by atoms with van der Waals surface area (Å²) in [5.41, 5.74) is 0. The molecule has 0 aromatic heterocycles. The summed E-state index contributed by atoms with van der Waals surface area (Å²) in [5, 5.41) is 0. The maximum atomic E-state index is 12.8. The molecule has 2 heterocycles. The predicted octanol–water partition coefficient (Wildman–Crippen LogP) is 2.12. The average Bonchev–Trinajstić information content (AvgIpc) is 2.24. The third-order valence-corrected chi connectivity index (χ3v) is 4.83. The molecule has 0 spiro atoms. The highest BCUT2D eigenvalue weighted by Crippen LogP contribution is 2.44. The van der Waals surface area contributed by atoms with Crippen LogP contribution in [0.2, 0.25) is 0 Å². The molecule has 19 heavy (non-hydrogen) atoms. The summed E-state index contributed by atoms with van der Waals surface area (Å²) in [4.78, 5) is 16.7. The van der Waals surface area contributed by atoms with E-state index in [1.165, 1.54) is 6.42 Å². The lowest BCUT2D eigenvalue weighted by atomic mass is 9.78. The molecule has 0 aromatic rings. The lowest BCUT2D eigenvalue weighted by Gasteiger charge is -2.50. The number of hydrogen-bond donors (Lipinski definition) is 0. The van der Waals surface area contributed by atoms with Gasteiger partial charge in [0.15, 0.2) is 0 Å². The van der Waals surface area contributed by atoms with Gasteiger partial charge in [-0.05, 0) is 32.2 Å². The number of nitrogens with zero attached hydrogens (tertiary/aromatic N) is 2. The van der Waals surface area contributed by atoms with E-state index < -0.39 is 5.92 Å². The quantitative estimate of drug-likeness (QED) is 0.768. The van der Waals surface area contributed by atoms with E-state index in [4.69, 9.17) is 0 Å². The molecule has 2 saturated heterocycles. The van der Waals surface area contributed by atoms with Crippen molar-refractivity contribution in [2.45, 2.75) is 56.5 Å². The van der Waals surface area contributed by atoms with Gasteiger partial charge in [0.25, 0.3) is 0 Å². The van der Waals surface area contributed by atoms with E-state index in [0.717, 1.165) is 25.9 Å². The van der Waals surface area contributed by atoms with E-state index in [0.29, 0.717) is 18.5 Å². The number of amides is 1. The van der Waals surface area contributed by atoms with Gasteiger partial charge >= 0.3 is 0 Å². The van der Waals surface area contributed by atoms with Crippen molar-refractivity contribution < 1.29 is 13.6 Å². The van der Waals surface area contributed by atoms with Crippen LogP contribution in [0, 0.1) is 5.92 Å². The highest BCUT2D eigenvalue weighted by atomic mass is 19.3. The van der Waals surface area contributed by atoms with Crippen LogP contribution in [0.1, 0.15) is 38.5 Å². The van der Waals surface area contributed by atoms with Gasteiger partial charge in [0.05, 0.1) is 0 Å². The van der Waals surface area contributed by atoms with Gasteiger partial charge in [0.2, 0.25) is 11.8 Å². The number of alkyl halides is 2. The molecule has 0 radical (unpaired) electrons. The Bertz CT molecular complexity index is 352. The highest BCUT2D eigenvalue weighted by molar-refractivity contribution is 5.77. The van der Waals surface area contributed by atoms with Crippen LogP contribution in [0.25, 0.3) is 0 Å². The summed E-state index contributed by atoms with van der Waals surface area (Å²) in [7, 11) is 2.10. The normalized spacial score (nSPS) is 35.0. The third kappa shape index (κ3) is 2.62. The van der Waals surface area contributed by atoms with Gasteiger partial charge in [0, 0.05) is 44.4 Å². The molecule has 3 nitrogen and oxygen atoms in total. The molecule has 3 aliphatic rings. The number of piperazine rings is 1. The zero-order valence-corrected chi connectivity index (χ0v) is 11.4. The molecule has 108 valence electrons. The fourth-order valence-corrected chi connectivity index (χ4v) is 4.01. The minimum Gasteiger partial charge on any atom is -0.334 e. The average molecular weight is 272 g/mol. The number of hydrogen-bond acceptors (Lipinski definition) is 2. The molecule has 3 fully saturated rings. The van der Waals surface area contributed by atoms with Crippen LogP contribution in [0.3, 0.4) is 0 Å². The van der Waals surface area contributed by atoms with E-state index in [1.54, 1.807) is 0 Å². The van der Waals surface area contributed by atoms with Crippen LogP contribution in [0.15, 0.2) is 0 Å². The molecule has 5 heteroatoms. The molecule has 0 N–H and O–H groups in total. The summed E-state index contributed by atoms with van der Waals surface area (Å²) in [6, 6.07) is 0.621. The summed E-state index contributed by atoms with van der Waals surface area (Å²) < 4.78 is 25.7. The van der Waals surface area contributed by atoms with Gasteiger partial charge in [-0.3, -0.25) is 4.79 Å². The predicted molar refractivity (Wildman–Crippen MR) is 68.1 cm³/mol. The third-order valence-electron chi connectivity index (χ3n) is 4.83. The monoisotopic (exact) mass is 272 g/mol. The largest absolute Gasteiger partial charge is 0.334 e. The summed E-state index contributed by atoms with van der Waals surface area (Å²) in [6.07, 6.45) is 3.45. The van der Waals surface area contributed by atoms with E-state index in [1.807, 2.05) is 4.90 Å². The van der Waals surface area contributed by atoms with Gasteiger partial charge < -0.3 is 9.80 Å². The summed E-state index contributed by atoms with van der Waals surface area (Å²) >= 11 is 0. The number of rotatable bonds is 2. The first-order chi connectivity index (χ1) is 8.94. The molecule has 2 atom stereocenters. The maximum Gasteiger partial charge on any atom is 0.248 e. The van der Waals surface area contributed by atoms with Crippen LogP contribution in [0.5, 0.6) is 0 Å². The van der Waals surface area contributed by atoms with Crippen LogP contribution >= 0.6 is 0 Å². The van der Waals surface area contributed by atoms with E-state index >= 15 is 0 Å². The molecule has 2 bridgehead atoms. The van der Waals surface area contributed by atoms with Crippen LogP contribution in [0.4, 0.5) is 8.78 Å². The Morgan fingerprint density at radius 1 is 1.21 bits per heavy atom. The van der Waals surface area contributed by atoms with E-state index in [-0.39, 0.29) is 24.7 Å². The maximum absolute atomic E-state index is 12.8. The van der Waals surface area contributed by atoms with Gasteiger partial charge in [-0.2, -0.15) is 0 Å². The molecule has 1 aliphatic carbocycles. The Kier molecular flexibility index (Phi) is 3.28. The Morgan fingerprint density at radius 2 is 1.79 bits per heavy atom. The Morgan fingerprint density at radius 3 is 2.32 bits per heavy atom. The Balaban J connectivity index is 1.60. The van der Waals surface area contributed by atoms with Gasteiger partial charge in [0.1, 0.15) is 0 Å². The second-order valence-electron chi connectivity index (χ2n) is 6.60. The van der Waals surface area contributed by atoms with Crippen molar-refractivity contribution in [2.75, 3.05) is 20.1 Å². The molecular formula is C14H22F2N2O. The topological polar surface area (TPSA) is 23.6 Å². The minimum atomic E-state index is -2.51. The number of carbonyl (C=O) groups excluding carboxylic acids is 1. The van der Waals surface area contributed by atoms with Crippen molar-refractivity contribution in [3.05, 3.63) is 0 Å². The molecule has 2 unspecified atom stereocenters. The van der Waals surface area contributed by atoms with Crippen molar-refractivity contribution in [2.24, 2.45) is 5.92 Å². The second kappa shape index (κ2) is 4.69. The number of fused-ring (bicyclic) bond motifs is 2. The molecular weight excluding hydrogens is 250 g/mol. The van der Waals surface area contributed by atoms with Crippen LogP contribution in [-0.2, 0) is 4.79 Å². The van der Waals surface area contributed by atoms with Crippen LogP contribution in [-0.4, -0.2) is 53.9 Å². The lowest BCUT2D eigenvalue weighted by Crippen LogP contribution is -2.62. The zero-order chi connectivity index (χ0) is 13.6. The molecule has 0 aromatic carbocycles. The second-order valence-corrected chi connectivity index (χ2v) is 6.60. The zero-order valence-electron chi connectivity index (χ0n) is 11.4. The Labute approximate surface area is 112 Å². The van der Waals surface area contributed by atoms with Gasteiger partial charge in [-0.25, -0.2) is 8.78 Å². The van der Waals surface area contributed by atoms with Gasteiger partial charge in [-0.1, -0.05) is 0 Å². The number of halogens is 2. The number of carbonyl (C=O) groups is 1. The molecule has 1 amide bonds. The van der Waals surface area contributed by atoms with E-state index in [2.05, 4.69) is 11.9 Å². The molecule has 2 aliphatic heterocycles. The van der Waals surface area contributed by atoms with Crippen LogP contribution < -0.4 is 0 Å². The highest BCUT2D eigenvalue weighted by Gasteiger charge is 2.47. The minimum absolute atomic E-state index is 0.0946. The number of likely N-dealkylation sites (tertiary alicyclic amines) is 1. The smallest absolute Gasteiger partial charge is 0.248 e. The van der Waals surface area contributed by atoms with Crippen molar-refractivity contribution in [1.29, 1.82) is 0 Å². The number of likely N-dealkylation sites (N-methyl/N-ethyl adjacent to an activating group) is 1. The standard InChI is InChI=1S/C14H22F2N2O/c1-17-8-11-3-2-4-12(9-17)18(11)13(19)5-10-6-14(15,16)7-10/h10-12H,2-9H2,1H3. The summed E-state index contributed by atoms with van der Waals surface area (Å²) in [5.74, 6) is -2.49. The molecule has 1 saturated carbocycles. The first-order valence-electron chi connectivity index (χ1n) is 7.32. The lowest BCUT2D eigenvalue weighted by molar-refractivity contribution is -0.151. The van der Waals surface area contributed by atoms with Crippen molar-refractivity contribution in [3.63, 3.8) is 0 Å². The fourth-order valence-electron chi connectivity index (χ4n) is 4.01. The van der Waals surface area contributed by atoms with Gasteiger partial charge in [-0.15, -0.1) is 0 Å². The van der Waals surface area contributed by atoms with E-state index in [9.17, 15) is 13.6 Å². The van der Waals surface area contributed by atoms with Crippen molar-refractivity contribution >= 4 is 5.91 Å². The van der Waals surface area contributed by atoms with Crippen molar-refractivity contribution in [1.82, 2.24) is 9.80 Å². The Hall–Kier alpha value is -0.710. The molecule has 3 rings (SSSR count). The summed E-state index contributed by atoms with van der Waals surface area (Å²) in [6.45, 7) is 1.87. The first-order valence-corrected chi connectivity index (χ1v) is 7.32. The number of piperidine rings is 1. The fraction of sp³-hybridized carbons (Fsp3) is 0.929. The SMILES string of the molecule is CN1CC2CCCC(C1)N2C(=O)CC1CC(F)(F)C1. The van der Waals surface area contributed by atoms with Crippen molar-refractivity contribution in [3.8, 4) is 0 Å². The first kappa shape index (κ1) is 13.3.